The molecule has 3 heterocycles. The van der Waals surface area contributed by atoms with Crippen LogP contribution in [0.1, 0.15) is 28.0 Å². The second-order valence-electron chi connectivity index (χ2n) is 6.25. The van der Waals surface area contributed by atoms with E-state index in [1.54, 1.807) is 4.90 Å². The zero-order valence-electron chi connectivity index (χ0n) is 13.2. The van der Waals surface area contributed by atoms with Crippen molar-refractivity contribution < 1.29 is 14.6 Å². The largest absolute Gasteiger partial charge is 0.390 e. The van der Waals surface area contributed by atoms with Crippen LogP contribution in [0.15, 0.2) is 6.20 Å². The van der Waals surface area contributed by atoms with Crippen molar-refractivity contribution in [3.8, 4) is 0 Å². The second kappa shape index (κ2) is 6.81. The molecule has 0 bridgehead atoms. The average molecular weight is 307 g/mol. The Bertz CT molecular complexity index is 523. The van der Waals surface area contributed by atoms with Crippen LogP contribution in [0.25, 0.3) is 0 Å². The third kappa shape index (κ3) is 3.34. The van der Waals surface area contributed by atoms with Gasteiger partial charge in [-0.25, -0.2) is 0 Å². The normalized spacial score (nSPS) is 21.5. The van der Waals surface area contributed by atoms with E-state index < -0.39 is 6.10 Å². The molecule has 1 amide bonds. The number of aryl methyl sites for hydroxylation is 2. The van der Waals surface area contributed by atoms with E-state index in [1.165, 1.54) is 0 Å². The van der Waals surface area contributed by atoms with Crippen molar-refractivity contribution in [3.05, 3.63) is 23.0 Å². The van der Waals surface area contributed by atoms with Gasteiger partial charge in [0.25, 0.3) is 5.91 Å². The van der Waals surface area contributed by atoms with Gasteiger partial charge in [0, 0.05) is 44.6 Å². The van der Waals surface area contributed by atoms with Gasteiger partial charge in [0.1, 0.15) is 0 Å². The molecule has 0 spiro atoms. The summed E-state index contributed by atoms with van der Waals surface area (Å²) in [6, 6.07) is 0. The lowest BCUT2D eigenvalue weighted by molar-refractivity contribution is 0.00720. The molecule has 1 aromatic rings. The number of β-amino-alcohol motifs (C(OH)–C–C–N with tert-alkyl or cyclic N) is 1. The Hall–Kier alpha value is -1.37. The monoisotopic (exact) mass is 307 g/mol. The van der Waals surface area contributed by atoms with Gasteiger partial charge in [0.15, 0.2) is 0 Å². The smallest absolute Gasteiger partial charge is 0.256 e. The predicted octanol–water partition coefficient (Wildman–Crippen LogP) is 0.405. The SMILES string of the molecule is Cc1c[nH]c2c1C(=O)N(C[C@H](O)CN1CCOCC1)CCC2. The molecule has 0 aromatic carbocycles. The third-order valence-electron chi connectivity index (χ3n) is 4.52. The number of hydrogen-bond acceptors (Lipinski definition) is 4. The van der Waals surface area contributed by atoms with Crippen LogP contribution in [0.5, 0.6) is 0 Å². The Kier molecular flexibility index (Phi) is 4.81. The first-order chi connectivity index (χ1) is 10.6. The maximum absolute atomic E-state index is 12.7. The zero-order valence-corrected chi connectivity index (χ0v) is 13.2. The van der Waals surface area contributed by atoms with E-state index in [0.29, 0.717) is 19.6 Å². The number of aliphatic hydroxyl groups excluding tert-OH is 1. The highest BCUT2D eigenvalue weighted by Crippen LogP contribution is 2.21. The van der Waals surface area contributed by atoms with Crippen molar-refractivity contribution in [3.63, 3.8) is 0 Å². The highest BCUT2D eigenvalue weighted by atomic mass is 16.5. The fourth-order valence-corrected chi connectivity index (χ4v) is 3.35. The van der Waals surface area contributed by atoms with Gasteiger partial charge in [-0.3, -0.25) is 9.69 Å². The van der Waals surface area contributed by atoms with Crippen LogP contribution in [-0.2, 0) is 11.2 Å². The van der Waals surface area contributed by atoms with Crippen LogP contribution in [-0.4, -0.2) is 77.8 Å². The van der Waals surface area contributed by atoms with E-state index in [9.17, 15) is 9.90 Å². The number of aromatic amines is 1. The molecule has 3 rings (SSSR count). The van der Waals surface area contributed by atoms with Gasteiger partial charge in [-0.05, 0) is 25.3 Å². The first-order valence-corrected chi connectivity index (χ1v) is 8.09. The molecule has 1 saturated heterocycles. The first-order valence-electron chi connectivity index (χ1n) is 8.09. The lowest BCUT2D eigenvalue weighted by Gasteiger charge is -2.31. The van der Waals surface area contributed by atoms with Gasteiger partial charge in [-0.1, -0.05) is 0 Å². The minimum absolute atomic E-state index is 0.0484. The molecule has 122 valence electrons. The van der Waals surface area contributed by atoms with Crippen molar-refractivity contribution >= 4 is 5.91 Å². The molecular weight excluding hydrogens is 282 g/mol. The quantitative estimate of drug-likeness (QED) is 0.845. The van der Waals surface area contributed by atoms with Crippen LogP contribution in [0.3, 0.4) is 0 Å². The van der Waals surface area contributed by atoms with Gasteiger partial charge in [-0.15, -0.1) is 0 Å². The molecule has 2 aliphatic heterocycles. The van der Waals surface area contributed by atoms with Crippen molar-refractivity contribution in [1.29, 1.82) is 0 Å². The molecule has 1 fully saturated rings. The topological polar surface area (TPSA) is 68.8 Å². The minimum atomic E-state index is -0.511. The lowest BCUT2D eigenvalue weighted by atomic mass is 10.1. The standard InChI is InChI=1S/C16H25N3O3/c1-12-9-17-14-3-2-4-19(16(21)15(12)14)11-13(20)10-18-5-7-22-8-6-18/h9,13,17,20H,2-8,10-11H2,1H3/t13-/m1/s1. The van der Waals surface area contributed by atoms with E-state index in [1.807, 2.05) is 13.1 Å². The summed E-state index contributed by atoms with van der Waals surface area (Å²) in [5.41, 5.74) is 2.83. The Morgan fingerprint density at radius 2 is 2.09 bits per heavy atom. The molecule has 1 aromatic heterocycles. The zero-order chi connectivity index (χ0) is 15.5. The number of nitrogens with one attached hydrogen (secondary N) is 1. The molecular formula is C16H25N3O3. The fraction of sp³-hybridized carbons (Fsp3) is 0.688. The number of aliphatic hydroxyl groups is 1. The molecule has 22 heavy (non-hydrogen) atoms. The molecule has 0 unspecified atom stereocenters. The van der Waals surface area contributed by atoms with Gasteiger partial charge in [0.05, 0.1) is 24.9 Å². The number of carbonyl (C=O) groups excluding carboxylic acids is 1. The number of nitrogens with zero attached hydrogens (tertiary/aromatic N) is 2. The summed E-state index contributed by atoms with van der Waals surface area (Å²) < 4.78 is 5.32. The van der Waals surface area contributed by atoms with Crippen LogP contribution < -0.4 is 0 Å². The number of aromatic nitrogens is 1. The van der Waals surface area contributed by atoms with E-state index >= 15 is 0 Å². The van der Waals surface area contributed by atoms with Gasteiger partial charge >= 0.3 is 0 Å². The molecule has 2 aliphatic rings. The summed E-state index contributed by atoms with van der Waals surface area (Å²) in [6.07, 6.45) is 3.22. The highest BCUT2D eigenvalue weighted by Gasteiger charge is 2.27. The highest BCUT2D eigenvalue weighted by molar-refractivity contribution is 5.97. The maximum Gasteiger partial charge on any atom is 0.256 e. The van der Waals surface area contributed by atoms with Gasteiger partial charge < -0.3 is 19.7 Å². The summed E-state index contributed by atoms with van der Waals surface area (Å²) in [6.45, 7) is 6.83. The number of H-pyrrole nitrogens is 1. The van der Waals surface area contributed by atoms with Crippen LogP contribution in [0.2, 0.25) is 0 Å². The molecule has 6 heteroatoms. The van der Waals surface area contributed by atoms with E-state index in [0.717, 1.165) is 56.0 Å². The Morgan fingerprint density at radius 1 is 1.32 bits per heavy atom. The third-order valence-corrected chi connectivity index (χ3v) is 4.52. The second-order valence-corrected chi connectivity index (χ2v) is 6.25. The van der Waals surface area contributed by atoms with Crippen molar-refractivity contribution in [1.82, 2.24) is 14.8 Å². The molecule has 2 N–H and O–H groups in total. The van der Waals surface area contributed by atoms with E-state index in [-0.39, 0.29) is 5.91 Å². The number of fused-ring (bicyclic) bond motifs is 1. The summed E-state index contributed by atoms with van der Waals surface area (Å²) in [5.74, 6) is 0.0484. The van der Waals surface area contributed by atoms with E-state index in [4.69, 9.17) is 4.74 Å². The van der Waals surface area contributed by atoms with Crippen LogP contribution >= 0.6 is 0 Å². The first kappa shape index (κ1) is 15.5. The molecule has 0 saturated carbocycles. The number of hydrogen-bond donors (Lipinski definition) is 2. The van der Waals surface area contributed by atoms with Crippen LogP contribution in [0, 0.1) is 6.92 Å². The average Bonchev–Trinajstić information content (AvgIpc) is 2.79. The molecule has 6 nitrogen and oxygen atoms in total. The summed E-state index contributed by atoms with van der Waals surface area (Å²) >= 11 is 0. The van der Waals surface area contributed by atoms with E-state index in [2.05, 4.69) is 9.88 Å². The van der Waals surface area contributed by atoms with Crippen LogP contribution in [0.4, 0.5) is 0 Å². The lowest BCUT2D eigenvalue weighted by Crippen LogP contribution is -2.46. The van der Waals surface area contributed by atoms with Gasteiger partial charge in [-0.2, -0.15) is 0 Å². The fourth-order valence-electron chi connectivity index (χ4n) is 3.35. The number of rotatable bonds is 4. The summed E-state index contributed by atoms with van der Waals surface area (Å²) in [4.78, 5) is 19.9. The van der Waals surface area contributed by atoms with Crippen molar-refractivity contribution in [2.75, 3.05) is 45.9 Å². The minimum Gasteiger partial charge on any atom is -0.390 e. The van der Waals surface area contributed by atoms with Crippen molar-refractivity contribution in [2.24, 2.45) is 0 Å². The number of carbonyl (C=O) groups is 1. The summed E-state index contributed by atoms with van der Waals surface area (Å²) in [5, 5.41) is 10.3. The molecule has 1 atom stereocenters. The predicted molar refractivity (Wildman–Crippen MR) is 83.0 cm³/mol. The Balaban J connectivity index is 1.61. The maximum atomic E-state index is 12.7. The summed E-state index contributed by atoms with van der Waals surface area (Å²) in [7, 11) is 0. The van der Waals surface area contributed by atoms with Gasteiger partial charge in [0.2, 0.25) is 0 Å². The Labute approximate surface area is 131 Å². The Morgan fingerprint density at radius 3 is 2.86 bits per heavy atom. The number of amides is 1. The van der Waals surface area contributed by atoms with Crippen molar-refractivity contribution in [2.45, 2.75) is 25.9 Å². The molecule has 0 radical (unpaired) electrons. The molecule has 0 aliphatic carbocycles. The number of morpholine rings is 1. The number of ether oxygens (including phenoxy) is 1.